The Hall–Kier alpha value is -1.69. The Labute approximate surface area is 155 Å². The fraction of sp³-hybridized carbons (Fsp3) is 0.579. The fourth-order valence-corrected chi connectivity index (χ4v) is 3.48. The van der Waals surface area contributed by atoms with Gasteiger partial charge in [0.1, 0.15) is 5.82 Å². The van der Waals surface area contributed by atoms with Crippen LogP contribution < -0.4 is 10.6 Å². The third-order valence-corrected chi connectivity index (χ3v) is 4.97. The number of carbonyl (C=O) groups excluding carboxylic acids is 1. The maximum atomic E-state index is 13.7. The molecule has 1 aliphatic rings. The van der Waals surface area contributed by atoms with Gasteiger partial charge in [0.15, 0.2) is 5.11 Å². The third-order valence-electron chi connectivity index (χ3n) is 4.57. The van der Waals surface area contributed by atoms with Crippen LogP contribution >= 0.6 is 12.2 Å². The average Bonchev–Trinajstić information content (AvgIpc) is 3.00. The lowest BCUT2D eigenvalue weighted by Crippen LogP contribution is -2.40. The molecule has 0 radical (unpaired) electrons. The van der Waals surface area contributed by atoms with Gasteiger partial charge in [-0.1, -0.05) is 26.0 Å². The molecule has 0 spiro atoms. The number of likely N-dealkylation sites (tertiary alicyclic amines) is 1. The highest BCUT2D eigenvalue weighted by Gasteiger charge is 2.39. The first-order valence-corrected chi connectivity index (χ1v) is 9.39. The van der Waals surface area contributed by atoms with Crippen LogP contribution in [0.5, 0.6) is 0 Å². The van der Waals surface area contributed by atoms with Crippen LogP contribution in [0.1, 0.15) is 38.7 Å². The first-order chi connectivity index (χ1) is 11.9. The predicted molar refractivity (Wildman–Crippen MR) is 103 cm³/mol. The molecule has 0 aromatic heterocycles. The zero-order valence-corrected chi connectivity index (χ0v) is 16.0. The largest absolute Gasteiger partial charge is 0.363 e. The SMILES string of the molecule is CCNC(=S)N1C[C@H](C(=O)NCCC(C)C)[C@@H](c2cccc(F)c2)C1. The molecule has 1 aromatic carbocycles. The molecular weight excluding hydrogens is 337 g/mol. The molecule has 2 N–H and O–H groups in total. The number of carbonyl (C=O) groups is 1. The number of hydrogen-bond acceptors (Lipinski definition) is 2. The summed E-state index contributed by atoms with van der Waals surface area (Å²) in [5, 5.41) is 6.83. The average molecular weight is 366 g/mol. The summed E-state index contributed by atoms with van der Waals surface area (Å²) in [5.74, 6) is -0.00136. The quantitative estimate of drug-likeness (QED) is 0.761. The van der Waals surface area contributed by atoms with Gasteiger partial charge in [0.2, 0.25) is 5.91 Å². The standard InChI is InChI=1S/C19H28FN3OS/c1-4-21-19(25)23-11-16(14-6-5-7-15(20)10-14)17(12-23)18(24)22-9-8-13(2)3/h5-7,10,13,16-17H,4,8-9,11-12H2,1-3H3,(H,21,25)(H,22,24)/t16-,17+/m1/s1. The van der Waals surface area contributed by atoms with Gasteiger partial charge in [-0.3, -0.25) is 4.79 Å². The van der Waals surface area contributed by atoms with Gasteiger partial charge >= 0.3 is 0 Å². The number of thiocarbonyl (C=S) groups is 1. The van der Waals surface area contributed by atoms with E-state index in [-0.39, 0.29) is 23.6 Å². The van der Waals surface area contributed by atoms with Crippen LogP contribution in [-0.2, 0) is 4.79 Å². The second-order valence-corrected chi connectivity index (χ2v) is 7.37. The lowest BCUT2D eigenvalue weighted by atomic mass is 9.88. The van der Waals surface area contributed by atoms with Crippen LogP contribution in [0, 0.1) is 17.7 Å². The van der Waals surface area contributed by atoms with Crippen molar-refractivity contribution in [2.75, 3.05) is 26.2 Å². The van der Waals surface area contributed by atoms with Gasteiger partial charge in [0.25, 0.3) is 0 Å². The summed E-state index contributed by atoms with van der Waals surface area (Å²) >= 11 is 5.41. The number of rotatable bonds is 6. The third kappa shape index (κ3) is 5.39. The van der Waals surface area contributed by atoms with Crippen LogP contribution in [-0.4, -0.2) is 42.1 Å². The molecular formula is C19H28FN3OS. The molecule has 1 amide bonds. The highest BCUT2D eigenvalue weighted by Crippen LogP contribution is 2.33. The molecule has 1 fully saturated rings. The van der Waals surface area contributed by atoms with E-state index in [9.17, 15) is 9.18 Å². The lowest BCUT2D eigenvalue weighted by Gasteiger charge is -2.19. The van der Waals surface area contributed by atoms with Gasteiger partial charge in [-0.05, 0) is 49.2 Å². The van der Waals surface area contributed by atoms with E-state index >= 15 is 0 Å². The molecule has 1 aliphatic heterocycles. The van der Waals surface area contributed by atoms with Gasteiger partial charge in [-0.15, -0.1) is 0 Å². The molecule has 6 heteroatoms. The highest BCUT2D eigenvalue weighted by molar-refractivity contribution is 7.80. The van der Waals surface area contributed by atoms with Crippen molar-refractivity contribution in [1.29, 1.82) is 0 Å². The van der Waals surface area contributed by atoms with Gasteiger partial charge in [0.05, 0.1) is 5.92 Å². The number of nitrogens with one attached hydrogen (secondary N) is 2. The van der Waals surface area contributed by atoms with Crippen molar-refractivity contribution in [1.82, 2.24) is 15.5 Å². The second-order valence-electron chi connectivity index (χ2n) is 6.98. The van der Waals surface area contributed by atoms with Crippen LogP contribution in [0.15, 0.2) is 24.3 Å². The summed E-state index contributed by atoms with van der Waals surface area (Å²) in [7, 11) is 0. The van der Waals surface area contributed by atoms with E-state index in [0.717, 1.165) is 18.5 Å². The molecule has 1 heterocycles. The second kappa shape index (κ2) is 9.13. The van der Waals surface area contributed by atoms with Gasteiger partial charge in [0, 0.05) is 32.1 Å². The van der Waals surface area contributed by atoms with Crippen molar-refractivity contribution in [2.45, 2.75) is 33.1 Å². The van der Waals surface area contributed by atoms with Crippen LogP contribution in [0.3, 0.4) is 0 Å². The molecule has 2 rings (SSSR count). The van der Waals surface area contributed by atoms with E-state index in [2.05, 4.69) is 24.5 Å². The van der Waals surface area contributed by atoms with Gasteiger partial charge in [-0.25, -0.2) is 4.39 Å². The Morgan fingerprint density at radius 2 is 2.12 bits per heavy atom. The Bertz CT molecular complexity index is 608. The maximum absolute atomic E-state index is 13.7. The van der Waals surface area contributed by atoms with E-state index in [1.807, 2.05) is 17.9 Å². The fourth-order valence-electron chi connectivity index (χ4n) is 3.19. The molecule has 25 heavy (non-hydrogen) atoms. The molecule has 1 saturated heterocycles. The zero-order chi connectivity index (χ0) is 18.4. The topological polar surface area (TPSA) is 44.4 Å². The summed E-state index contributed by atoms with van der Waals surface area (Å²) in [5.41, 5.74) is 0.853. The van der Waals surface area contributed by atoms with E-state index in [1.165, 1.54) is 12.1 Å². The van der Waals surface area contributed by atoms with E-state index in [1.54, 1.807) is 6.07 Å². The summed E-state index contributed by atoms with van der Waals surface area (Å²) in [6.07, 6.45) is 0.947. The van der Waals surface area contributed by atoms with E-state index in [0.29, 0.717) is 30.7 Å². The molecule has 4 nitrogen and oxygen atoms in total. The van der Waals surface area contributed by atoms with Crippen LogP contribution in [0.25, 0.3) is 0 Å². The van der Waals surface area contributed by atoms with E-state index in [4.69, 9.17) is 12.2 Å². The van der Waals surface area contributed by atoms with Gasteiger partial charge < -0.3 is 15.5 Å². The minimum absolute atomic E-state index is 0.0247. The van der Waals surface area contributed by atoms with Crippen LogP contribution in [0.2, 0.25) is 0 Å². The Morgan fingerprint density at radius 3 is 2.76 bits per heavy atom. The Morgan fingerprint density at radius 1 is 1.36 bits per heavy atom. The first-order valence-electron chi connectivity index (χ1n) is 8.98. The molecule has 138 valence electrons. The lowest BCUT2D eigenvalue weighted by molar-refractivity contribution is -0.124. The zero-order valence-electron chi connectivity index (χ0n) is 15.2. The Kier molecular flexibility index (Phi) is 7.17. The molecule has 0 bridgehead atoms. The summed E-state index contributed by atoms with van der Waals surface area (Å²) in [6.45, 7) is 8.84. The summed E-state index contributed by atoms with van der Waals surface area (Å²) in [6, 6.07) is 6.54. The first kappa shape index (κ1) is 19.6. The Balaban J connectivity index is 2.14. The molecule has 0 saturated carbocycles. The number of amides is 1. The summed E-state index contributed by atoms with van der Waals surface area (Å²) in [4.78, 5) is 14.7. The van der Waals surface area contributed by atoms with Crippen molar-refractivity contribution < 1.29 is 9.18 Å². The monoisotopic (exact) mass is 365 g/mol. The minimum atomic E-state index is -0.274. The number of halogens is 1. The van der Waals surface area contributed by atoms with Crippen LogP contribution in [0.4, 0.5) is 4.39 Å². The number of hydrogen-bond donors (Lipinski definition) is 2. The summed E-state index contributed by atoms with van der Waals surface area (Å²) < 4.78 is 13.7. The smallest absolute Gasteiger partial charge is 0.225 e. The maximum Gasteiger partial charge on any atom is 0.225 e. The van der Waals surface area contributed by atoms with E-state index < -0.39 is 0 Å². The number of nitrogens with zero attached hydrogens (tertiary/aromatic N) is 1. The van der Waals surface area contributed by atoms with Crippen molar-refractivity contribution in [3.63, 3.8) is 0 Å². The predicted octanol–water partition coefficient (Wildman–Crippen LogP) is 2.90. The normalized spacial score (nSPS) is 20.0. The minimum Gasteiger partial charge on any atom is -0.363 e. The highest BCUT2D eigenvalue weighted by atomic mass is 32.1. The van der Waals surface area contributed by atoms with Crippen molar-refractivity contribution in [3.8, 4) is 0 Å². The van der Waals surface area contributed by atoms with Gasteiger partial charge in [-0.2, -0.15) is 0 Å². The molecule has 2 atom stereocenters. The molecule has 1 aromatic rings. The number of benzene rings is 1. The molecule has 0 aliphatic carbocycles. The van der Waals surface area contributed by atoms with Crippen molar-refractivity contribution in [3.05, 3.63) is 35.6 Å². The molecule has 0 unspecified atom stereocenters. The van der Waals surface area contributed by atoms with Crippen molar-refractivity contribution in [2.24, 2.45) is 11.8 Å². The van der Waals surface area contributed by atoms with Crippen molar-refractivity contribution >= 4 is 23.2 Å².